The molecule has 0 N–H and O–H groups in total. The summed E-state index contributed by atoms with van der Waals surface area (Å²) in [7, 11) is 3.00. The number of esters is 1. The molecule has 1 heterocycles. The first-order valence-corrected chi connectivity index (χ1v) is 11.2. The number of benzene rings is 3. The first kappa shape index (κ1) is 23.0. The van der Waals surface area contributed by atoms with Crippen molar-refractivity contribution in [2.45, 2.75) is 43.9 Å². The van der Waals surface area contributed by atoms with Crippen LogP contribution in [0.15, 0.2) is 84.9 Å². The summed E-state index contributed by atoms with van der Waals surface area (Å²) >= 11 is 0. The zero-order chi connectivity index (χ0) is 23.5. The van der Waals surface area contributed by atoms with Crippen molar-refractivity contribution >= 4 is 5.97 Å². The van der Waals surface area contributed by atoms with E-state index in [0.29, 0.717) is 11.3 Å². The Morgan fingerprint density at radius 2 is 1.27 bits per heavy atom. The van der Waals surface area contributed by atoms with E-state index in [9.17, 15) is 4.79 Å². The summed E-state index contributed by atoms with van der Waals surface area (Å²) in [5.41, 5.74) is 2.11. The van der Waals surface area contributed by atoms with Gasteiger partial charge in [0.05, 0.1) is 25.3 Å². The smallest absolute Gasteiger partial charge is 0.341 e. The molecule has 0 radical (unpaired) electrons. The number of ether oxygens (including phenoxy) is 2. The molecule has 5 nitrogen and oxygen atoms in total. The quantitative estimate of drug-likeness (QED) is 0.432. The fourth-order valence-corrected chi connectivity index (χ4v) is 4.82. The lowest BCUT2D eigenvalue weighted by Gasteiger charge is -2.44. The van der Waals surface area contributed by atoms with E-state index in [1.807, 2.05) is 65.7 Å². The average Bonchev–Trinajstić information content (AvgIpc) is 3.15. The van der Waals surface area contributed by atoms with Crippen LogP contribution in [-0.4, -0.2) is 25.3 Å². The molecule has 0 aliphatic carbocycles. The summed E-state index contributed by atoms with van der Waals surface area (Å²) < 4.78 is 10.4. The highest BCUT2D eigenvalue weighted by molar-refractivity contribution is 5.76. The molecule has 33 heavy (non-hydrogen) atoms. The second-order valence-corrected chi connectivity index (χ2v) is 8.86. The molecule has 3 aromatic carbocycles. The third-order valence-electron chi connectivity index (χ3n) is 6.83. The van der Waals surface area contributed by atoms with E-state index < -0.39 is 23.2 Å². The Hall–Kier alpha value is -3.15. The molecular weight excluding hydrogens is 414 g/mol. The number of rotatable bonds is 7. The molecule has 172 valence electrons. The lowest BCUT2D eigenvalue weighted by atomic mass is 9.89. The minimum absolute atomic E-state index is 0.440. The van der Waals surface area contributed by atoms with E-state index in [4.69, 9.17) is 14.3 Å². The van der Waals surface area contributed by atoms with Gasteiger partial charge in [-0.25, -0.2) is 4.79 Å². The standard InChI is InChI=1S/C28H31NO4/c1-27(22-11-7-5-8-12-22)19-20-28(2,23-13-9-6-10-14-23)29(27)33-25(26(30)32-4)21-15-17-24(31-3)18-16-21/h5-18,25H,19-20H2,1-4H3/t25?,27-,28-/m0/s1. The maximum atomic E-state index is 12.9. The Balaban J connectivity index is 1.80. The highest BCUT2D eigenvalue weighted by atomic mass is 16.7. The lowest BCUT2D eigenvalue weighted by molar-refractivity contribution is -0.284. The Labute approximate surface area is 195 Å². The van der Waals surface area contributed by atoms with Crippen molar-refractivity contribution in [1.29, 1.82) is 0 Å². The molecule has 1 unspecified atom stereocenters. The second-order valence-electron chi connectivity index (χ2n) is 8.86. The van der Waals surface area contributed by atoms with Crippen molar-refractivity contribution < 1.29 is 19.1 Å². The first-order valence-electron chi connectivity index (χ1n) is 11.2. The van der Waals surface area contributed by atoms with Crippen molar-refractivity contribution in [3.8, 4) is 5.75 Å². The molecular formula is C28H31NO4. The Kier molecular flexibility index (Phi) is 6.54. The summed E-state index contributed by atoms with van der Waals surface area (Å²) in [4.78, 5) is 19.6. The maximum absolute atomic E-state index is 12.9. The maximum Gasteiger partial charge on any atom is 0.341 e. The van der Waals surface area contributed by atoms with Crippen molar-refractivity contribution in [3.05, 3.63) is 102 Å². The molecule has 4 rings (SSSR count). The van der Waals surface area contributed by atoms with Crippen molar-refractivity contribution in [3.63, 3.8) is 0 Å². The molecule has 1 fully saturated rings. The van der Waals surface area contributed by atoms with Gasteiger partial charge in [0.1, 0.15) is 5.75 Å². The van der Waals surface area contributed by atoms with Crippen LogP contribution in [0.2, 0.25) is 0 Å². The van der Waals surface area contributed by atoms with Gasteiger partial charge >= 0.3 is 5.97 Å². The summed E-state index contributed by atoms with van der Waals surface area (Å²) in [6.45, 7) is 4.36. The minimum Gasteiger partial charge on any atom is -0.497 e. The Morgan fingerprint density at radius 3 is 1.70 bits per heavy atom. The van der Waals surface area contributed by atoms with Crippen LogP contribution in [0.25, 0.3) is 0 Å². The zero-order valence-electron chi connectivity index (χ0n) is 19.7. The molecule has 0 saturated carbocycles. The van der Waals surface area contributed by atoms with Gasteiger partial charge in [0.15, 0.2) is 0 Å². The summed E-state index contributed by atoms with van der Waals surface area (Å²) in [6, 6.07) is 28.0. The number of hydrogen-bond donors (Lipinski definition) is 0. The van der Waals surface area contributed by atoms with Crippen LogP contribution in [0.5, 0.6) is 5.75 Å². The molecule has 3 atom stereocenters. The number of carbonyl (C=O) groups is 1. The normalized spacial score (nSPS) is 23.8. The van der Waals surface area contributed by atoms with Crippen LogP contribution in [0.3, 0.4) is 0 Å². The average molecular weight is 446 g/mol. The summed E-state index contributed by atoms with van der Waals surface area (Å²) in [5.74, 6) is 0.268. The van der Waals surface area contributed by atoms with Crippen LogP contribution < -0.4 is 4.74 Å². The monoisotopic (exact) mass is 445 g/mol. The minimum atomic E-state index is -0.912. The van der Waals surface area contributed by atoms with Gasteiger partial charge in [0, 0.05) is 0 Å². The lowest BCUT2D eigenvalue weighted by Crippen LogP contribution is -2.49. The van der Waals surface area contributed by atoms with Crippen molar-refractivity contribution in [2.24, 2.45) is 0 Å². The predicted molar refractivity (Wildman–Crippen MR) is 127 cm³/mol. The molecule has 0 aromatic heterocycles. The number of hydroxylamine groups is 2. The fraction of sp³-hybridized carbons (Fsp3) is 0.321. The molecule has 0 spiro atoms. The summed E-state index contributed by atoms with van der Waals surface area (Å²) in [6.07, 6.45) is 0.836. The van der Waals surface area contributed by atoms with Crippen LogP contribution in [0, 0.1) is 0 Å². The number of methoxy groups -OCH3 is 2. The molecule has 5 heteroatoms. The van der Waals surface area contributed by atoms with Gasteiger partial charge in [0.25, 0.3) is 0 Å². The topological polar surface area (TPSA) is 48.0 Å². The van der Waals surface area contributed by atoms with Crippen molar-refractivity contribution in [1.82, 2.24) is 5.06 Å². The summed E-state index contributed by atoms with van der Waals surface area (Å²) in [5, 5.41) is 2.02. The van der Waals surface area contributed by atoms with Crippen molar-refractivity contribution in [2.75, 3.05) is 14.2 Å². The fourth-order valence-electron chi connectivity index (χ4n) is 4.82. The predicted octanol–water partition coefficient (Wildman–Crippen LogP) is 5.77. The van der Waals surface area contributed by atoms with Crippen LogP contribution in [0.1, 0.15) is 49.5 Å². The van der Waals surface area contributed by atoms with Gasteiger partial charge in [-0.3, -0.25) is 4.84 Å². The molecule has 1 aliphatic heterocycles. The van der Waals surface area contributed by atoms with E-state index in [-0.39, 0.29) is 0 Å². The molecule has 0 bridgehead atoms. The van der Waals surface area contributed by atoms with Gasteiger partial charge in [-0.2, -0.15) is 5.06 Å². The number of hydrogen-bond acceptors (Lipinski definition) is 5. The van der Waals surface area contributed by atoms with Crippen LogP contribution >= 0.6 is 0 Å². The number of nitrogens with zero attached hydrogens (tertiary/aromatic N) is 1. The van der Waals surface area contributed by atoms with E-state index >= 15 is 0 Å². The van der Waals surface area contributed by atoms with Gasteiger partial charge in [0.2, 0.25) is 6.10 Å². The van der Waals surface area contributed by atoms with Gasteiger partial charge in [-0.1, -0.05) is 72.8 Å². The van der Waals surface area contributed by atoms with E-state index in [2.05, 4.69) is 38.1 Å². The third kappa shape index (κ3) is 4.26. The third-order valence-corrected chi connectivity index (χ3v) is 6.83. The molecule has 3 aromatic rings. The van der Waals surface area contributed by atoms with Gasteiger partial charge in [-0.05, 0) is 55.5 Å². The first-order chi connectivity index (χ1) is 15.9. The molecule has 1 aliphatic rings. The van der Waals surface area contributed by atoms with Gasteiger partial charge < -0.3 is 9.47 Å². The van der Waals surface area contributed by atoms with Crippen LogP contribution in [-0.2, 0) is 25.4 Å². The largest absolute Gasteiger partial charge is 0.497 e. The van der Waals surface area contributed by atoms with E-state index in [1.54, 1.807) is 7.11 Å². The van der Waals surface area contributed by atoms with E-state index in [0.717, 1.165) is 24.0 Å². The highest BCUT2D eigenvalue weighted by Crippen LogP contribution is 2.53. The Morgan fingerprint density at radius 1 is 0.788 bits per heavy atom. The second kappa shape index (κ2) is 9.38. The highest BCUT2D eigenvalue weighted by Gasteiger charge is 2.54. The molecule has 1 saturated heterocycles. The zero-order valence-corrected chi connectivity index (χ0v) is 19.7. The van der Waals surface area contributed by atoms with Crippen LogP contribution in [0.4, 0.5) is 0 Å². The Bertz CT molecular complexity index is 1020. The molecule has 0 amide bonds. The SMILES string of the molecule is COC(=O)C(ON1[C@](C)(c2ccccc2)CC[C@@]1(C)c1ccccc1)c1ccc(OC)cc1. The van der Waals surface area contributed by atoms with Gasteiger partial charge in [-0.15, -0.1) is 0 Å². The van der Waals surface area contributed by atoms with E-state index in [1.165, 1.54) is 7.11 Å². The number of carbonyl (C=O) groups excluding carboxylic acids is 1.